The van der Waals surface area contributed by atoms with E-state index in [4.69, 9.17) is 4.74 Å². The van der Waals surface area contributed by atoms with Crippen molar-refractivity contribution in [2.75, 3.05) is 32.8 Å². The highest BCUT2D eigenvalue weighted by atomic mass is 32.2. The summed E-state index contributed by atoms with van der Waals surface area (Å²) in [5.74, 6) is -1.03. The molecule has 2 saturated heterocycles. The van der Waals surface area contributed by atoms with Gasteiger partial charge in [-0.15, -0.1) is 0 Å². The Bertz CT molecular complexity index is 1520. The molecule has 0 bridgehead atoms. The number of aryl methyl sites for hydroxylation is 3. The van der Waals surface area contributed by atoms with E-state index in [2.05, 4.69) is 15.5 Å². The van der Waals surface area contributed by atoms with Gasteiger partial charge in [-0.05, 0) is 25.5 Å². The van der Waals surface area contributed by atoms with E-state index in [0.717, 1.165) is 11.1 Å². The lowest BCUT2D eigenvalue weighted by molar-refractivity contribution is -0.135. The minimum absolute atomic E-state index is 0.00144. The van der Waals surface area contributed by atoms with Crippen molar-refractivity contribution in [1.82, 2.24) is 34.1 Å². The van der Waals surface area contributed by atoms with Crippen molar-refractivity contribution in [2.45, 2.75) is 30.7 Å². The quantitative estimate of drug-likeness (QED) is 0.429. The third-order valence-corrected chi connectivity index (χ3v) is 8.84. The van der Waals surface area contributed by atoms with Gasteiger partial charge in [-0.25, -0.2) is 8.42 Å². The van der Waals surface area contributed by atoms with Crippen molar-refractivity contribution in [1.29, 1.82) is 0 Å². The number of imide groups is 1. The lowest BCUT2D eigenvalue weighted by atomic mass is 9.93. The lowest BCUT2D eigenvalue weighted by Gasteiger charge is -2.33. The van der Waals surface area contributed by atoms with E-state index in [1.54, 1.807) is 42.7 Å². The Morgan fingerprint density at radius 2 is 1.84 bits per heavy atom. The second-order valence-corrected chi connectivity index (χ2v) is 11.4. The molecule has 3 amide bonds. The number of nitrogens with zero attached hydrogens (tertiary/aromatic N) is 6. The Morgan fingerprint density at radius 3 is 2.50 bits per heavy atom. The molecule has 202 valence electrons. The first-order chi connectivity index (χ1) is 18.1. The highest BCUT2D eigenvalue weighted by molar-refractivity contribution is 7.89. The predicted molar refractivity (Wildman–Crippen MR) is 135 cm³/mol. The maximum atomic E-state index is 12.9. The van der Waals surface area contributed by atoms with Crippen LogP contribution in [-0.4, -0.2) is 87.7 Å². The van der Waals surface area contributed by atoms with Crippen LogP contribution in [0, 0.1) is 6.92 Å². The van der Waals surface area contributed by atoms with Crippen LogP contribution in [0.1, 0.15) is 30.1 Å². The van der Waals surface area contributed by atoms with Crippen molar-refractivity contribution in [3.05, 3.63) is 35.7 Å². The Balaban J connectivity index is 1.24. The Hall–Kier alpha value is -3.78. The number of benzene rings is 1. The third-order valence-electron chi connectivity index (χ3n) is 7.06. The van der Waals surface area contributed by atoms with Gasteiger partial charge in [0.25, 0.3) is 15.9 Å². The van der Waals surface area contributed by atoms with E-state index >= 15 is 0 Å². The number of carbonyl (C=O) groups is 3. The molecular formula is C24H29N7O6S. The molecule has 0 saturated carbocycles. The lowest BCUT2D eigenvalue weighted by Crippen LogP contribution is -2.51. The zero-order valence-electron chi connectivity index (χ0n) is 21.4. The summed E-state index contributed by atoms with van der Waals surface area (Å²) in [4.78, 5) is 38.4. The maximum absolute atomic E-state index is 12.9. The molecule has 1 N–H and O–H groups in total. The second kappa shape index (κ2) is 9.83. The minimum Gasteiger partial charge on any atom is -0.481 e. The average molecular weight is 544 g/mol. The molecule has 2 aliphatic rings. The van der Waals surface area contributed by atoms with Crippen LogP contribution >= 0.6 is 0 Å². The zero-order chi connectivity index (χ0) is 27.2. The predicted octanol–water partition coefficient (Wildman–Crippen LogP) is 0.0473. The Kier molecular flexibility index (Phi) is 6.69. The van der Waals surface area contributed by atoms with Crippen LogP contribution in [0.3, 0.4) is 0 Å². The molecule has 14 heteroatoms. The van der Waals surface area contributed by atoms with Crippen molar-refractivity contribution >= 4 is 38.6 Å². The number of fused-ring (bicyclic) bond motifs is 1. The van der Waals surface area contributed by atoms with Crippen LogP contribution in [0.2, 0.25) is 0 Å². The summed E-state index contributed by atoms with van der Waals surface area (Å²) in [7, 11) is -0.317. The molecule has 2 aliphatic heterocycles. The molecule has 0 aliphatic carbocycles. The van der Waals surface area contributed by atoms with Crippen molar-refractivity contribution in [3.63, 3.8) is 0 Å². The third kappa shape index (κ3) is 4.65. The second-order valence-electron chi connectivity index (χ2n) is 9.49. The van der Waals surface area contributed by atoms with Crippen LogP contribution < -0.4 is 10.1 Å². The monoisotopic (exact) mass is 543 g/mol. The van der Waals surface area contributed by atoms with Crippen molar-refractivity contribution in [2.24, 2.45) is 14.1 Å². The number of para-hydroxylation sites is 1. The van der Waals surface area contributed by atoms with E-state index in [9.17, 15) is 22.8 Å². The number of piperidine rings is 1. The Labute approximate surface area is 219 Å². The van der Waals surface area contributed by atoms with Crippen LogP contribution in [-0.2, 0) is 38.5 Å². The first-order valence-corrected chi connectivity index (χ1v) is 13.7. The number of rotatable bonds is 6. The number of carbonyl (C=O) groups excluding carboxylic acids is 3. The van der Waals surface area contributed by atoms with E-state index in [1.807, 2.05) is 6.07 Å². The SMILES string of the molecule is Cc1cc(S(=O)(=O)N2CCN(C(=O)COc3cccc4c(C5CCC(=O)NC5=O)nn(C)c34)CC2)nn1C. The molecule has 0 radical (unpaired) electrons. The fourth-order valence-electron chi connectivity index (χ4n) is 4.85. The fraction of sp³-hybridized carbons (Fsp3) is 0.458. The van der Waals surface area contributed by atoms with Gasteiger partial charge in [0, 0.05) is 57.8 Å². The number of nitrogens with one attached hydrogen (secondary N) is 1. The smallest absolute Gasteiger partial charge is 0.262 e. The first kappa shape index (κ1) is 25.9. The van der Waals surface area contributed by atoms with Gasteiger partial charge in [0.1, 0.15) is 11.3 Å². The number of amides is 3. The van der Waals surface area contributed by atoms with Crippen molar-refractivity contribution < 1.29 is 27.5 Å². The average Bonchev–Trinajstić information content (AvgIpc) is 3.42. The van der Waals surface area contributed by atoms with Crippen LogP contribution in [0.25, 0.3) is 10.9 Å². The number of hydrogen-bond acceptors (Lipinski definition) is 8. The summed E-state index contributed by atoms with van der Waals surface area (Å²) in [6.45, 7) is 2.35. The van der Waals surface area contributed by atoms with Gasteiger partial charge >= 0.3 is 0 Å². The maximum Gasteiger partial charge on any atom is 0.262 e. The van der Waals surface area contributed by atoms with Gasteiger partial charge < -0.3 is 9.64 Å². The van der Waals surface area contributed by atoms with Gasteiger partial charge in [-0.3, -0.25) is 29.1 Å². The van der Waals surface area contributed by atoms with E-state index in [1.165, 1.54) is 15.1 Å². The molecule has 1 unspecified atom stereocenters. The first-order valence-electron chi connectivity index (χ1n) is 12.3. The van der Waals surface area contributed by atoms with Gasteiger partial charge in [0.2, 0.25) is 11.8 Å². The molecule has 1 aromatic carbocycles. The van der Waals surface area contributed by atoms with Gasteiger partial charge in [-0.2, -0.15) is 14.5 Å². The number of hydrogen-bond donors (Lipinski definition) is 1. The molecule has 4 heterocycles. The highest BCUT2D eigenvalue weighted by Crippen LogP contribution is 2.34. The molecule has 0 spiro atoms. The highest BCUT2D eigenvalue weighted by Gasteiger charge is 2.33. The number of piperazine rings is 1. The fourth-order valence-corrected chi connectivity index (χ4v) is 6.30. The van der Waals surface area contributed by atoms with Crippen LogP contribution in [0.5, 0.6) is 5.75 Å². The zero-order valence-corrected chi connectivity index (χ0v) is 22.2. The van der Waals surface area contributed by atoms with Gasteiger partial charge in [0.15, 0.2) is 11.6 Å². The molecule has 38 heavy (non-hydrogen) atoms. The van der Waals surface area contributed by atoms with Crippen LogP contribution in [0.4, 0.5) is 0 Å². The normalized spacial score (nSPS) is 19.1. The van der Waals surface area contributed by atoms with Crippen LogP contribution in [0.15, 0.2) is 29.3 Å². The van der Waals surface area contributed by atoms with E-state index in [-0.39, 0.29) is 62.0 Å². The topological polar surface area (TPSA) is 149 Å². The van der Waals surface area contributed by atoms with E-state index in [0.29, 0.717) is 23.4 Å². The number of ether oxygens (including phenoxy) is 1. The van der Waals surface area contributed by atoms with E-state index < -0.39 is 15.9 Å². The molecule has 1 atom stereocenters. The summed E-state index contributed by atoms with van der Waals surface area (Å²) in [5.41, 5.74) is 1.94. The summed E-state index contributed by atoms with van der Waals surface area (Å²) in [6.07, 6.45) is 0.622. The molecule has 13 nitrogen and oxygen atoms in total. The number of sulfonamides is 1. The Morgan fingerprint density at radius 1 is 1.11 bits per heavy atom. The van der Waals surface area contributed by atoms with Gasteiger partial charge in [-0.1, -0.05) is 12.1 Å². The molecule has 5 rings (SSSR count). The minimum atomic E-state index is -3.74. The summed E-state index contributed by atoms with van der Waals surface area (Å²) in [6, 6.07) is 6.86. The molecule has 3 aromatic rings. The summed E-state index contributed by atoms with van der Waals surface area (Å²) >= 11 is 0. The number of aromatic nitrogens is 4. The standard InChI is InChI=1S/C24H29N7O6S/c1-15-13-20(26-28(15)2)38(35,36)31-11-9-30(10-12-31)21(33)14-37-18-6-4-5-16-22(27-29(3)23(16)18)17-7-8-19(32)25-24(17)34/h4-6,13,17H,7-12,14H2,1-3H3,(H,25,32,34). The summed E-state index contributed by atoms with van der Waals surface area (Å²) < 4.78 is 36.2. The molecule has 2 aromatic heterocycles. The molecule has 2 fully saturated rings. The summed E-state index contributed by atoms with van der Waals surface area (Å²) in [5, 5.41) is 11.7. The van der Waals surface area contributed by atoms with Gasteiger partial charge in [0.05, 0.1) is 11.6 Å². The largest absolute Gasteiger partial charge is 0.481 e. The van der Waals surface area contributed by atoms with Crippen molar-refractivity contribution in [3.8, 4) is 5.75 Å². The molecular weight excluding hydrogens is 514 g/mol.